The molecule has 3 aliphatic rings. The second kappa shape index (κ2) is 12.9. The number of piperidine rings is 1. The third-order valence-corrected chi connectivity index (χ3v) is 9.25. The monoisotopic (exact) mass is 643 g/mol. The van der Waals surface area contributed by atoms with E-state index >= 15 is 0 Å². The number of nitrogens with zero attached hydrogens (tertiary/aromatic N) is 3. The maximum absolute atomic E-state index is 14.5. The third kappa shape index (κ3) is 7.16. The molecule has 4 aromatic rings. The van der Waals surface area contributed by atoms with Gasteiger partial charge in [-0.1, -0.05) is 18.2 Å². The summed E-state index contributed by atoms with van der Waals surface area (Å²) in [4.78, 5) is 20.1. The second-order valence-electron chi connectivity index (χ2n) is 14.3. The molecule has 0 radical (unpaired) electrons. The summed E-state index contributed by atoms with van der Waals surface area (Å²) in [5.41, 5.74) is 4.51. The van der Waals surface area contributed by atoms with Crippen molar-refractivity contribution in [1.82, 2.24) is 9.38 Å². The van der Waals surface area contributed by atoms with Crippen LogP contribution in [-0.4, -0.2) is 57.5 Å². The van der Waals surface area contributed by atoms with Crippen LogP contribution in [0.25, 0.3) is 28.0 Å². The minimum Gasteiger partial charge on any atom is -0.490 e. The van der Waals surface area contributed by atoms with Gasteiger partial charge in [0.25, 0.3) is 0 Å². The van der Waals surface area contributed by atoms with Gasteiger partial charge >= 0.3 is 5.97 Å². The standard InChI is InChI=1S/C38H46FN3O5/c1-24-20-32-40-30-23-42(32)35(33(24)34(36(43)44)47-37(3,4)5)41-17-15-38(6,16-18-41)45-19-8-7-10-25(2)46-31-22-28(39)13-14-29(31)26-11-9-12-27(30)21-26/h9,11-14,20-23,25,34H,7-8,10,15-19H2,1-6H3,(H,43,44)/t25-,34-/m0/s1. The van der Waals surface area contributed by atoms with E-state index in [-0.39, 0.29) is 17.5 Å². The first-order valence-electron chi connectivity index (χ1n) is 16.7. The van der Waals surface area contributed by atoms with E-state index in [0.717, 1.165) is 71.5 Å². The molecule has 5 heterocycles. The fourth-order valence-electron chi connectivity index (χ4n) is 6.76. The largest absolute Gasteiger partial charge is 0.490 e. The Hall–Kier alpha value is -3.95. The average molecular weight is 644 g/mol. The number of halogens is 1. The van der Waals surface area contributed by atoms with Gasteiger partial charge in [0, 0.05) is 48.6 Å². The summed E-state index contributed by atoms with van der Waals surface area (Å²) in [6, 6.07) is 14.6. The van der Waals surface area contributed by atoms with Crippen molar-refractivity contribution < 1.29 is 28.5 Å². The summed E-state index contributed by atoms with van der Waals surface area (Å²) in [7, 11) is 0. The first-order chi connectivity index (χ1) is 22.3. The summed E-state index contributed by atoms with van der Waals surface area (Å²) in [5.74, 6) is -0.0856. The van der Waals surface area contributed by atoms with Crippen molar-refractivity contribution in [3.8, 4) is 28.1 Å². The number of pyridine rings is 1. The summed E-state index contributed by atoms with van der Waals surface area (Å²) in [6.45, 7) is 13.8. The van der Waals surface area contributed by atoms with Crippen molar-refractivity contribution in [3.05, 3.63) is 71.7 Å². The maximum atomic E-state index is 14.5. The second-order valence-corrected chi connectivity index (χ2v) is 14.3. The van der Waals surface area contributed by atoms with E-state index in [0.29, 0.717) is 31.0 Å². The highest BCUT2D eigenvalue weighted by Gasteiger charge is 2.37. The first kappa shape index (κ1) is 33.0. The molecule has 1 fully saturated rings. The number of carbonyl (C=O) groups is 1. The summed E-state index contributed by atoms with van der Waals surface area (Å²) < 4.78 is 35.5. The molecule has 2 aromatic heterocycles. The topological polar surface area (TPSA) is 85.5 Å². The van der Waals surface area contributed by atoms with Crippen LogP contribution in [-0.2, 0) is 14.3 Å². The lowest BCUT2D eigenvalue weighted by Gasteiger charge is -2.41. The molecule has 2 aromatic carbocycles. The lowest BCUT2D eigenvalue weighted by molar-refractivity contribution is -0.160. The number of carboxylic acids is 1. The Bertz CT molecular complexity index is 1770. The molecule has 47 heavy (non-hydrogen) atoms. The predicted molar refractivity (Wildman–Crippen MR) is 182 cm³/mol. The highest BCUT2D eigenvalue weighted by Crippen LogP contribution is 2.40. The van der Waals surface area contributed by atoms with Gasteiger partial charge in [-0.15, -0.1) is 0 Å². The van der Waals surface area contributed by atoms with Crippen LogP contribution in [0.15, 0.2) is 54.7 Å². The quantitative estimate of drug-likeness (QED) is 0.240. The lowest BCUT2D eigenvalue weighted by atomic mass is 9.92. The van der Waals surface area contributed by atoms with E-state index in [1.54, 1.807) is 6.07 Å². The first-order valence-corrected chi connectivity index (χ1v) is 16.7. The average Bonchev–Trinajstić information content (AvgIpc) is 3.43. The molecule has 8 nitrogen and oxygen atoms in total. The Morgan fingerprint density at radius 2 is 1.85 bits per heavy atom. The molecule has 0 amide bonds. The van der Waals surface area contributed by atoms with Crippen LogP contribution in [0, 0.1) is 12.7 Å². The molecule has 0 spiro atoms. The lowest BCUT2D eigenvalue weighted by Crippen LogP contribution is -2.45. The maximum Gasteiger partial charge on any atom is 0.337 e. The van der Waals surface area contributed by atoms with Gasteiger partial charge in [-0.2, -0.15) is 0 Å². The molecule has 0 unspecified atom stereocenters. The van der Waals surface area contributed by atoms with Crippen LogP contribution in [0.1, 0.15) is 84.0 Å². The van der Waals surface area contributed by atoms with E-state index in [1.807, 2.05) is 75.5 Å². The van der Waals surface area contributed by atoms with Gasteiger partial charge in [-0.05, 0) is 109 Å². The SMILES string of the molecule is Cc1cc2nc3cn2c(c1[C@H](OC(C)(C)C)C(=O)O)N1CCC(C)(CC1)OCCCC[C@H](C)Oc1cc(F)ccc1-c1cccc-3c1. The minimum absolute atomic E-state index is 0.0886. The molecule has 0 aliphatic carbocycles. The number of benzene rings is 2. The number of hydrogen-bond acceptors (Lipinski definition) is 6. The zero-order chi connectivity index (χ0) is 33.5. The predicted octanol–water partition coefficient (Wildman–Crippen LogP) is 8.38. The highest BCUT2D eigenvalue weighted by atomic mass is 19.1. The number of aliphatic carboxylic acids is 1. The van der Waals surface area contributed by atoms with E-state index in [9.17, 15) is 14.3 Å². The molecule has 7 rings (SSSR count). The summed E-state index contributed by atoms with van der Waals surface area (Å²) >= 11 is 0. The van der Waals surface area contributed by atoms with E-state index in [4.69, 9.17) is 19.2 Å². The number of imidazole rings is 1. The van der Waals surface area contributed by atoms with Crippen molar-refractivity contribution in [2.45, 2.75) is 97.1 Å². The van der Waals surface area contributed by atoms with E-state index < -0.39 is 17.7 Å². The molecule has 1 saturated heterocycles. The zero-order valence-electron chi connectivity index (χ0n) is 28.3. The number of aromatic nitrogens is 2. The third-order valence-electron chi connectivity index (χ3n) is 9.25. The van der Waals surface area contributed by atoms with Gasteiger partial charge in [0.05, 0.1) is 23.0 Å². The van der Waals surface area contributed by atoms with Crippen LogP contribution in [0.2, 0.25) is 0 Å². The Balaban J connectivity index is 1.53. The Kier molecular flexibility index (Phi) is 9.06. The number of rotatable bonds is 3. The molecule has 2 atom stereocenters. The summed E-state index contributed by atoms with van der Waals surface area (Å²) in [6.07, 6.45) is 4.97. The molecule has 250 valence electrons. The van der Waals surface area contributed by atoms with E-state index in [1.165, 1.54) is 12.1 Å². The fraction of sp³-hybridized carbons (Fsp3) is 0.474. The van der Waals surface area contributed by atoms with Crippen molar-refractivity contribution in [2.75, 3.05) is 24.6 Å². The number of anilines is 1. The van der Waals surface area contributed by atoms with Gasteiger partial charge in [0.15, 0.2) is 6.10 Å². The smallest absolute Gasteiger partial charge is 0.337 e. The molecule has 3 aliphatic heterocycles. The van der Waals surface area contributed by atoms with Crippen LogP contribution < -0.4 is 9.64 Å². The number of fused-ring (bicyclic) bond motifs is 8. The van der Waals surface area contributed by atoms with Gasteiger partial charge in [0.1, 0.15) is 23.0 Å². The molecule has 0 saturated carbocycles. The number of ether oxygens (including phenoxy) is 3. The Morgan fingerprint density at radius 3 is 2.57 bits per heavy atom. The molecular formula is C38H46FN3O5. The zero-order valence-corrected chi connectivity index (χ0v) is 28.3. The fourth-order valence-corrected chi connectivity index (χ4v) is 6.76. The van der Waals surface area contributed by atoms with Gasteiger partial charge in [-0.25, -0.2) is 14.2 Å². The van der Waals surface area contributed by atoms with Gasteiger partial charge < -0.3 is 24.2 Å². The van der Waals surface area contributed by atoms with Crippen LogP contribution in [0.4, 0.5) is 10.2 Å². The van der Waals surface area contributed by atoms with Crippen LogP contribution in [0.3, 0.4) is 0 Å². The van der Waals surface area contributed by atoms with Gasteiger partial charge in [-0.3, -0.25) is 4.40 Å². The highest BCUT2D eigenvalue weighted by molar-refractivity contribution is 5.80. The van der Waals surface area contributed by atoms with Crippen molar-refractivity contribution in [3.63, 3.8) is 0 Å². The normalized spacial score (nSPS) is 21.3. The minimum atomic E-state index is -1.17. The number of aryl methyl sites for hydroxylation is 1. The molecular weight excluding hydrogens is 597 g/mol. The Morgan fingerprint density at radius 1 is 1.11 bits per heavy atom. The van der Waals surface area contributed by atoms with Crippen LogP contribution >= 0.6 is 0 Å². The molecule has 9 heteroatoms. The van der Waals surface area contributed by atoms with E-state index in [2.05, 4.69) is 11.8 Å². The van der Waals surface area contributed by atoms with Crippen molar-refractivity contribution >= 4 is 17.4 Å². The van der Waals surface area contributed by atoms with Crippen molar-refractivity contribution in [2.24, 2.45) is 0 Å². The Labute approximate surface area is 276 Å². The molecule has 6 bridgehead atoms. The summed E-state index contributed by atoms with van der Waals surface area (Å²) in [5, 5.41) is 10.5. The number of hydrogen-bond donors (Lipinski definition) is 1. The van der Waals surface area contributed by atoms with Gasteiger partial charge in [0.2, 0.25) is 0 Å². The molecule has 1 N–H and O–H groups in total. The van der Waals surface area contributed by atoms with Crippen LogP contribution in [0.5, 0.6) is 5.75 Å². The number of carboxylic acid groups (broad SMARTS) is 1. The van der Waals surface area contributed by atoms with Crippen molar-refractivity contribution in [1.29, 1.82) is 0 Å².